The zero-order chi connectivity index (χ0) is 21.3. The Morgan fingerprint density at radius 3 is 2.67 bits per heavy atom. The van der Waals surface area contributed by atoms with Crippen LogP contribution >= 0.6 is 0 Å². The third-order valence-corrected chi connectivity index (χ3v) is 5.13. The standard InChI is InChI=1S/C21H25FN6O2/c1-4-20(29)28-7-5-27(6-8-28)19-11-17(23-12-24-19)21-14-9-18(30-13(2)3)15(22)10-16(14)25-26-21/h9-13H,4-8H2,1-3H3,(H,25,26). The molecule has 1 amide bonds. The second-order valence-electron chi connectivity index (χ2n) is 7.55. The summed E-state index contributed by atoms with van der Waals surface area (Å²) in [5, 5.41) is 7.95. The number of fused-ring (bicyclic) bond motifs is 1. The number of piperazine rings is 1. The second kappa shape index (κ2) is 8.25. The van der Waals surface area contributed by atoms with Gasteiger partial charge in [-0.2, -0.15) is 5.10 Å². The molecule has 0 unspecified atom stereocenters. The third-order valence-electron chi connectivity index (χ3n) is 5.13. The van der Waals surface area contributed by atoms with Crippen molar-refractivity contribution in [3.63, 3.8) is 0 Å². The highest BCUT2D eigenvalue weighted by Crippen LogP contribution is 2.31. The van der Waals surface area contributed by atoms with Crippen molar-refractivity contribution < 1.29 is 13.9 Å². The molecule has 1 aliphatic heterocycles. The zero-order valence-corrected chi connectivity index (χ0v) is 17.4. The Hall–Kier alpha value is -3.23. The highest BCUT2D eigenvalue weighted by atomic mass is 19.1. The maximum atomic E-state index is 14.3. The molecule has 0 radical (unpaired) electrons. The number of nitrogens with zero attached hydrogens (tertiary/aromatic N) is 5. The van der Waals surface area contributed by atoms with Gasteiger partial charge in [0.15, 0.2) is 11.6 Å². The molecule has 3 aromatic rings. The van der Waals surface area contributed by atoms with Crippen LogP contribution in [0.3, 0.4) is 0 Å². The van der Waals surface area contributed by atoms with Crippen LogP contribution < -0.4 is 9.64 Å². The summed E-state index contributed by atoms with van der Waals surface area (Å²) in [5.74, 6) is 0.702. The van der Waals surface area contributed by atoms with Gasteiger partial charge in [-0.3, -0.25) is 9.89 Å². The van der Waals surface area contributed by atoms with Crippen molar-refractivity contribution in [1.82, 2.24) is 25.1 Å². The lowest BCUT2D eigenvalue weighted by atomic mass is 10.1. The van der Waals surface area contributed by atoms with Crippen molar-refractivity contribution in [3.05, 3.63) is 30.3 Å². The van der Waals surface area contributed by atoms with Gasteiger partial charge in [-0.05, 0) is 19.9 Å². The molecule has 0 aliphatic carbocycles. The van der Waals surface area contributed by atoms with Crippen molar-refractivity contribution in [3.8, 4) is 17.1 Å². The highest BCUT2D eigenvalue weighted by Gasteiger charge is 2.22. The van der Waals surface area contributed by atoms with Crippen LogP contribution in [0.25, 0.3) is 22.3 Å². The molecule has 4 rings (SSSR count). The summed E-state index contributed by atoms with van der Waals surface area (Å²) in [7, 11) is 0. The first-order valence-electron chi connectivity index (χ1n) is 10.2. The topological polar surface area (TPSA) is 87.2 Å². The number of carbonyl (C=O) groups excluding carboxylic acids is 1. The van der Waals surface area contributed by atoms with Gasteiger partial charge >= 0.3 is 0 Å². The number of amides is 1. The maximum absolute atomic E-state index is 14.3. The zero-order valence-electron chi connectivity index (χ0n) is 17.4. The van der Waals surface area contributed by atoms with Crippen LogP contribution in [-0.4, -0.2) is 63.3 Å². The van der Waals surface area contributed by atoms with E-state index < -0.39 is 5.82 Å². The molecule has 1 saturated heterocycles. The van der Waals surface area contributed by atoms with Crippen LogP contribution in [0.15, 0.2) is 24.5 Å². The van der Waals surface area contributed by atoms with Gasteiger partial charge in [-0.15, -0.1) is 0 Å². The largest absolute Gasteiger partial charge is 0.488 e. The van der Waals surface area contributed by atoms with Crippen LogP contribution in [0.1, 0.15) is 27.2 Å². The number of halogens is 1. The Morgan fingerprint density at radius 2 is 1.97 bits per heavy atom. The lowest BCUT2D eigenvalue weighted by molar-refractivity contribution is -0.131. The Morgan fingerprint density at radius 1 is 1.20 bits per heavy atom. The molecule has 158 valence electrons. The maximum Gasteiger partial charge on any atom is 0.222 e. The number of aromatic nitrogens is 4. The summed E-state index contributed by atoms with van der Waals surface area (Å²) in [6.07, 6.45) is 1.88. The van der Waals surface area contributed by atoms with Gasteiger partial charge < -0.3 is 14.5 Å². The van der Waals surface area contributed by atoms with Crippen LogP contribution in [0, 0.1) is 5.82 Å². The van der Waals surface area contributed by atoms with E-state index in [0.29, 0.717) is 49.5 Å². The van der Waals surface area contributed by atoms with E-state index in [-0.39, 0.29) is 17.8 Å². The predicted molar refractivity (Wildman–Crippen MR) is 112 cm³/mol. The van der Waals surface area contributed by atoms with E-state index in [0.717, 1.165) is 11.2 Å². The van der Waals surface area contributed by atoms with E-state index in [1.165, 1.54) is 12.4 Å². The average Bonchev–Trinajstić information content (AvgIpc) is 3.16. The Labute approximate surface area is 174 Å². The molecule has 1 aliphatic rings. The molecule has 0 atom stereocenters. The fourth-order valence-corrected chi connectivity index (χ4v) is 3.62. The summed E-state index contributed by atoms with van der Waals surface area (Å²) >= 11 is 0. The molecule has 1 N–H and O–H groups in total. The van der Waals surface area contributed by atoms with E-state index >= 15 is 0 Å². The molecule has 1 fully saturated rings. The van der Waals surface area contributed by atoms with Gasteiger partial charge in [0.1, 0.15) is 17.8 Å². The van der Waals surface area contributed by atoms with Crippen molar-refractivity contribution in [2.24, 2.45) is 0 Å². The molecular weight excluding hydrogens is 387 g/mol. The average molecular weight is 412 g/mol. The number of hydrogen-bond donors (Lipinski definition) is 1. The molecule has 9 heteroatoms. The molecule has 0 bridgehead atoms. The summed E-state index contributed by atoms with van der Waals surface area (Å²) in [5.41, 5.74) is 1.83. The molecule has 1 aromatic carbocycles. The van der Waals surface area contributed by atoms with E-state index in [4.69, 9.17) is 4.74 Å². The second-order valence-corrected chi connectivity index (χ2v) is 7.55. The van der Waals surface area contributed by atoms with Gasteiger partial charge in [-0.1, -0.05) is 6.92 Å². The normalized spacial score (nSPS) is 14.6. The van der Waals surface area contributed by atoms with E-state index in [1.54, 1.807) is 6.07 Å². The number of hydrogen-bond acceptors (Lipinski definition) is 6. The Bertz CT molecular complexity index is 1060. The number of ether oxygens (including phenoxy) is 1. The lowest BCUT2D eigenvalue weighted by Crippen LogP contribution is -2.48. The van der Waals surface area contributed by atoms with Crippen molar-refractivity contribution in [1.29, 1.82) is 0 Å². The SMILES string of the molecule is CCC(=O)N1CCN(c2cc(-c3n[nH]c4cc(F)c(OC(C)C)cc34)ncn2)CC1. The number of rotatable bonds is 5. The van der Waals surface area contributed by atoms with Crippen LogP contribution in [0.2, 0.25) is 0 Å². The number of carbonyl (C=O) groups is 1. The summed E-state index contributed by atoms with van der Waals surface area (Å²) < 4.78 is 19.9. The molecule has 8 nitrogen and oxygen atoms in total. The molecule has 2 aromatic heterocycles. The van der Waals surface area contributed by atoms with E-state index in [1.807, 2.05) is 31.7 Å². The lowest BCUT2D eigenvalue weighted by Gasteiger charge is -2.35. The van der Waals surface area contributed by atoms with Crippen molar-refractivity contribution in [2.75, 3.05) is 31.1 Å². The number of nitrogens with one attached hydrogen (secondary N) is 1. The number of H-pyrrole nitrogens is 1. The van der Waals surface area contributed by atoms with Crippen molar-refractivity contribution >= 4 is 22.6 Å². The summed E-state index contributed by atoms with van der Waals surface area (Å²) in [4.78, 5) is 24.7. The van der Waals surface area contributed by atoms with Gasteiger partial charge in [0.05, 0.1) is 17.3 Å². The minimum atomic E-state index is -0.436. The molecule has 30 heavy (non-hydrogen) atoms. The highest BCUT2D eigenvalue weighted by molar-refractivity contribution is 5.93. The van der Waals surface area contributed by atoms with E-state index in [9.17, 15) is 9.18 Å². The Kier molecular flexibility index (Phi) is 5.52. The van der Waals surface area contributed by atoms with Gasteiger partial charge in [-0.25, -0.2) is 14.4 Å². The van der Waals surface area contributed by atoms with Crippen molar-refractivity contribution in [2.45, 2.75) is 33.3 Å². The first-order chi connectivity index (χ1) is 14.5. The number of anilines is 1. The minimum Gasteiger partial charge on any atom is -0.488 e. The molecule has 0 saturated carbocycles. The predicted octanol–water partition coefficient (Wildman–Crippen LogP) is 3.00. The first kappa shape index (κ1) is 20.1. The Balaban J connectivity index is 1.61. The van der Waals surface area contributed by atoms with Gasteiger partial charge in [0.25, 0.3) is 0 Å². The molecule has 3 heterocycles. The number of benzene rings is 1. The third kappa shape index (κ3) is 3.92. The minimum absolute atomic E-state index is 0.142. The van der Waals surface area contributed by atoms with E-state index in [2.05, 4.69) is 25.1 Å². The quantitative estimate of drug-likeness (QED) is 0.693. The monoisotopic (exact) mass is 412 g/mol. The fourth-order valence-electron chi connectivity index (χ4n) is 3.62. The number of aromatic amines is 1. The van der Waals surface area contributed by atoms with Crippen LogP contribution in [0.5, 0.6) is 5.75 Å². The van der Waals surface area contributed by atoms with Crippen LogP contribution in [-0.2, 0) is 4.79 Å². The smallest absolute Gasteiger partial charge is 0.222 e. The molecular formula is C21H25FN6O2. The first-order valence-corrected chi connectivity index (χ1v) is 10.2. The summed E-state index contributed by atoms with van der Waals surface area (Å²) in [6.45, 7) is 8.35. The van der Waals surface area contributed by atoms with Gasteiger partial charge in [0.2, 0.25) is 5.91 Å². The van der Waals surface area contributed by atoms with Gasteiger partial charge in [0, 0.05) is 50.1 Å². The molecule has 0 spiro atoms. The van der Waals surface area contributed by atoms with Crippen LogP contribution in [0.4, 0.5) is 10.2 Å². The summed E-state index contributed by atoms with van der Waals surface area (Å²) in [6, 6.07) is 4.91. The fraction of sp³-hybridized carbons (Fsp3) is 0.429.